The van der Waals surface area contributed by atoms with Gasteiger partial charge in [-0.1, -0.05) is 0 Å². The van der Waals surface area contributed by atoms with Crippen LogP contribution in [0.1, 0.15) is 19.3 Å². The third-order valence-electron chi connectivity index (χ3n) is 3.58. The van der Waals surface area contributed by atoms with Crippen LogP contribution in [0.4, 0.5) is 0 Å². The summed E-state index contributed by atoms with van der Waals surface area (Å²) in [5.74, 6) is -0.879. The van der Waals surface area contributed by atoms with E-state index in [1.807, 2.05) is 0 Å². The van der Waals surface area contributed by atoms with Crippen molar-refractivity contribution in [2.45, 2.75) is 31.4 Å². The highest BCUT2D eigenvalue weighted by molar-refractivity contribution is 6.35. The Balaban J connectivity index is 1.76. The number of rotatable bonds is 2. The molecule has 0 radical (unpaired) electrons. The van der Waals surface area contributed by atoms with E-state index in [-0.39, 0.29) is 12.1 Å². The van der Waals surface area contributed by atoms with E-state index in [2.05, 4.69) is 10.6 Å². The van der Waals surface area contributed by atoms with E-state index in [1.165, 1.54) is 0 Å². The minimum absolute atomic E-state index is 0.0940. The average Bonchev–Trinajstić information content (AvgIpc) is 2.60. The minimum Gasteiger partial charge on any atom is -0.381 e. The molecule has 0 unspecified atom stereocenters. The standard InChI is InChI=1S/C12H21N3O3/c1-18-10-7-9(8-10)14-11(16)12(17)15-5-2-3-13-4-6-15/h9-10,13H,2-8H2,1H3,(H,14,16). The first-order chi connectivity index (χ1) is 8.70. The molecule has 1 aliphatic heterocycles. The van der Waals surface area contributed by atoms with Crippen LogP contribution < -0.4 is 10.6 Å². The lowest BCUT2D eigenvalue weighted by atomic mass is 9.89. The minimum atomic E-state index is -0.476. The van der Waals surface area contributed by atoms with Crippen molar-refractivity contribution in [3.63, 3.8) is 0 Å². The van der Waals surface area contributed by atoms with Gasteiger partial charge in [0.2, 0.25) is 0 Å². The van der Waals surface area contributed by atoms with Crippen molar-refractivity contribution in [3.05, 3.63) is 0 Å². The maximum absolute atomic E-state index is 11.9. The third kappa shape index (κ3) is 3.20. The van der Waals surface area contributed by atoms with Gasteiger partial charge in [-0.2, -0.15) is 0 Å². The fourth-order valence-electron chi connectivity index (χ4n) is 2.32. The number of nitrogens with one attached hydrogen (secondary N) is 2. The van der Waals surface area contributed by atoms with E-state index < -0.39 is 11.8 Å². The smallest absolute Gasteiger partial charge is 0.311 e. The normalized spacial score (nSPS) is 28.2. The molecule has 1 aliphatic carbocycles. The van der Waals surface area contributed by atoms with Crippen molar-refractivity contribution in [2.24, 2.45) is 0 Å². The van der Waals surface area contributed by atoms with Gasteiger partial charge in [-0.05, 0) is 25.8 Å². The van der Waals surface area contributed by atoms with Crippen LogP contribution in [0.2, 0.25) is 0 Å². The van der Waals surface area contributed by atoms with Crippen LogP contribution in [-0.4, -0.2) is 62.1 Å². The first kappa shape index (κ1) is 13.3. The molecular formula is C12H21N3O3. The van der Waals surface area contributed by atoms with Crippen LogP contribution in [0.25, 0.3) is 0 Å². The van der Waals surface area contributed by atoms with Crippen molar-refractivity contribution in [1.29, 1.82) is 0 Å². The zero-order chi connectivity index (χ0) is 13.0. The Kier molecular flexibility index (Phi) is 4.54. The molecule has 1 saturated heterocycles. The fourth-order valence-corrected chi connectivity index (χ4v) is 2.32. The molecule has 0 atom stereocenters. The molecular weight excluding hydrogens is 234 g/mol. The number of hydrogen-bond acceptors (Lipinski definition) is 4. The molecule has 1 heterocycles. The molecule has 2 aliphatic rings. The second-order valence-electron chi connectivity index (χ2n) is 4.90. The molecule has 2 N–H and O–H groups in total. The van der Waals surface area contributed by atoms with E-state index >= 15 is 0 Å². The molecule has 6 heteroatoms. The Hall–Kier alpha value is -1.14. The highest BCUT2D eigenvalue weighted by atomic mass is 16.5. The van der Waals surface area contributed by atoms with Crippen LogP contribution in [-0.2, 0) is 14.3 Å². The van der Waals surface area contributed by atoms with Gasteiger partial charge in [0.05, 0.1) is 6.10 Å². The molecule has 0 aromatic heterocycles. The van der Waals surface area contributed by atoms with Gasteiger partial charge in [0.1, 0.15) is 0 Å². The van der Waals surface area contributed by atoms with Gasteiger partial charge in [-0.15, -0.1) is 0 Å². The van der Waals surface area contributed by atoms with E-state index in [0.29, 0.717) is 13.1 Å². The topological polar surface area (TPSA) is 70.7 Å². The van der Waals surface area contributed by atoms with Gasteiger partial charge in [0.25, 0.3) is 0 Å². The predicted molar refractivity (Wildman–Crippen MR) is 66.0 cm³/mol. The maximum atomic E-state index is 11.9. The molecule has 102 valence electrons. The summed E-state index contributed by atoms with van der Waals surface area (Å²) in [4.78, 5) is 25.3. The Morgan fingerprint density at radius 3 is 2.78 bits per heavy atom. The van der Waals surface area contributed by atoms with Crippen molar-refractivity contribution in [1.82, 2.24) is 15.5 Å². The van der Waals surface area contributed by atoms with E-state index in [9.17, 15) is 9.59 Å². The molecule has 18 heavy (non-hydrogen) atoms. The monoisotopic (exact) mass is 255 g/mol. The van der Waals surface area contributed by atoms with Crippen LogP contribution in [0, 0.1) is 0 Å². The Bertz CT molecular complexity index is 308. The number of ether oxygens (including phenoxy) is 1. The zero-order valence-corrected chi connectivity index (χ0v) is 10.8. The SMILES string of the molecule is COC1CC(NC(=O)C(=O)N2CCCNCC2)C1. The van der Waals surface area contributed by atoms with Crippen molar-refractivity contribution < 1.29 is 14.3 Å². The summed E-state index contributed by atoms with van der Waals surface area (Å²) in [5, 5.41) is 5.97. The van der Waals surface area contributed by atoms with Crippen LogP contribution in [0.5, 0.6) is 0 Å². The van der Waals surface area contributed by atoms with Crippen molar-refractivity contribution in [3.8, 4) is 0 Å². The van der Waals surface area contributed by atoms with Gasteiger partial charge < -0.3 is 20.3 Å². The summed E-state index contributed by atoms with van der Waals surface area (Å²) in [6.07, 6.45) is 2.73. The lowest BCUT2D eigenvalue weighted by Gasteiger charge is -2.34. The highest BCUT2D eigenvalue weighted by Crippen LogP contribution is 2.22. The van der Waals surface area contributed by atoms with Gasteiger partial charge in [0.15, 0.2) is 0 Å². The number of carbonyl (C=O) groups is 2. The molecule has 2 rings (SSSR count). The molecule has 2 amide bonds. The fraction of sp³-hybridized carbons (Fsp3) is 0.833. The Labute approximate surface area is 107 Å². The molecule has 0 bridgehead atoms. The summed E-state index contributed by atoms with van der Waals surface area (Å²) >= 11 is 0. The number of amides is 2. The molecule has 1 saturated carbocycles. The number of hydrogen-bond donors (Lipinski definition) is 2. The van der Waals surface area contributed by atoms with E-state index in [1.54, 1.807) is 12.0 Å². The second-order valence-corrected chi connectivity index (χ2v) is 4.90. The largest absolute Gasteiger partial charge is 0.381 e. The molecule has 0 aromatic carbocycles. The van der Waals surface area contributed by atoms with Crippen molar-refractivity contribution in [2.75, 3.05) is 33.3 Å². The van der Waals surface area contributed by atoms with Crippen molar-refractivity contribution >= 4 is 11.8 Å². The van der Waals surface area contributed by atoms with Gasteiger partial charge >= 0.3 is 11.8 Å². The summed E-state index contributed by atoms with van der Waals surface area (Å²) in [6, 6.07) is 0.0940. The Morgan fingerprint density at radius 1 is 1.28 bits per heavy atom. The summed E-state index contributed by atoms with van der Waals surface area (Å²) in [5.41, 5.74) is 0. The van der Waals surface area contributed by atoms with Crippen LogP contribution >= 0.6 is 0 Å². The first-order valence-electron chi connectivity index (χ1n) is 6.54. The van der Waals surface area contributed by atoms with Gasteiger partial charge in [0, 0.05) is 32.8 Å². The van der Waals surface area contributed by atoms with E-state index in [0.717, 1.165) is 32.4 Å². The molecule has 6 nitrogen and oxygen atoms in total. The summed E-state index contributed by atoms with van der Waals surface area (Å²) in [7, 11) is 1.66. The first-order valence-corrected chi connectivity index (χ1v) is 6.54. The van der Waals surface area contributed by atoms with Gasteiger partial charge in [-0.25, -0.2) is 0 Å². The van der Waals surface area contributed by atoms with Crippen LogP contribution in [0.3, 0.4) is 0 Å². The number of nitrogens with zero attached hydrogens (tertiary/aromatic N) is 1. The van der Waals surface area contributed by atoms with Gasteiger partial charge in [-0.3, -0.25) is 9.59 Å². The molecule has 0 spiro atoms. The highest BCUT2D eigenvalue weighted by Gasteiger charge is 2.32. The third-order valence-corrected chi connectivity index (χ3v) is 3.58. The Morgan fingerprint density at radius 2 is 2.06 bits per heavy atom. The maximum Gasteiger partial charge on any atom is 0.311 e. The zero-order valence-electron chi connectivity index (χ0n) is 10.8. The number of methoxy groups -OCH3 is 1. The lowest BCUT2D eigenvalue weighted by Crippen LogP contribution is -2.52. The molecule has 2 fully saturated rings. The lowest BCUT2D eigenvalue weighted by molar-refractivity contribution is -0.146. The van der Waals surface area contributed by atoms with Crippen LogP contribution in [0.15, 0.2) is 0 Å². The second kappa shape index (κ2) is 6.15. The average molecular weight is 255 g/mol. The summed E-state index contributed by atoms with van der Waals surface area (Å²) < 4.78 is 5.14. The number of carbonyl (C=O) groups excluding carboxylic acids is 2. The quantitative estimate of drug-likeness (QED) is 0.628. The predicted octanol–water partition coefficient (Wildman–Crippen LogP) is -0.898. The van der Waals surface area contributed by atoms with E-state index in [4.69, 9.17) is 4.74 Å². The summed E-state index contributed by atoms with van der Waals surface area (Å²) in [6.45, 7) is 2.93. The molecule has 0 aromatic rings.